The third-order valence-corrected chi connectivity index (χ3v) is 5.15. The van der Waals surface area contributed by atoms with E-state index in [-0.39, 0.29) is 31.0 Å². The molecule has 0 fully saturated rings. The van der Waals surface area contributed by atoms with E-state index in [1.54, 1.807) is 20.0 Å². The quantitative estimate of drug-likeness (QED) is 0.573. The molecule has 0 saturated heterocycles. The first-order valence-electron chi connectivity index (χ1n) is 8.27. The number of para-hydroxylation sites is 1. The standard InChI is InChI=1S/C18H19N3O5S/c1-11-8-15(20-26-11)24-10-17(23)25-9-16(22)21(3)12(2)18-19-13-6-4-5-7-14(13)27-18/h4-8,12H,9-10H2,1-3H3/t12-/m1/s1. The van der Waals surface area contributed by atoms with E-state index in [0.29, 0.717) is 5.76 Å². The number of likely N-dealkylation sites (N-methyl/N-ethyl adjacent to an activating group) is 1. The van der Waals surface area contributed by atoms with Gasteiger partial charge in [0.15, 0.2) is 13.2 Å². The molecular weight excluding hydrogens is 370 g/mol. The Labute approximate surface area is 159 Å². The van der Waals surface area contributed by atoms with Gasteiger partial charge in [-0.2, -0.15) is 0 Å². The van der Waals surface area contributed by atoms with E-state index >= 15 is 0 Å². The van der Waals surface area contributed by atoms with E-state index < -0.39 is 5.97 Å². The van der Waals surface area contributed by atoms with Gasteiger partial charge in [-0.05, 0) is 31.1 Å². The van der Waals surface area contributed by atoms with Gasteiger partial charge in [-0.15, -0.1) is 11.3 Å². The van der Waals surface area contributed by atoms with Crippen molar-refractivity contribution in [3.05, 3.63) is 41.1 Å². The second kappa shape index (κ2) is 8.17. The normalized spacial score (nSPS) is 12.0. The van der Waals surface area contributed by atoms with Crippen LogP contribution < -0.4 is 4.74 Å². The van der Waals surface area contributed by atoms with Gasteiger partial charge in [-0.3, -0.25) is 4.79 Å². The average Bonchev–Trinajstić information content (AvgIpc) is 3.29. The maximum atomic E-state index is 12.3. The first kappa shape index (κ1) is 18.8. The lowest BCUT2D eigenvalue weighted by Gasteiger charge is -2.23. The Kier molecular flexibility index (Phi) is 5.70. The maximum absolute atomic E-state index is 12.3. The number of hydrogen-bond acceptors (Lipinski definition) is 8. The second-order valence-electron chi connectivity index (χ2n) is 5.93. The third kappa shape index (κ3) is 4.62. The predicted octanol–water partition coefficient (Wildman–Crippen LogP) is 2.73. The highest BCUT2D eigenvalue weighted by atomic mass is 32.1. The van der Waals surface area contributed by atoms with Gasteiger partial charge in [0.05, 0.1) is 16.3 Å². The zero-order chi connectivity index (χ0) is 19.4. The molecular formula is C18H19N3O5S. The molecule has 1 amide bonds. The van der Waals surface area contributed by atoms with Crippen LogP contribution in [0.25, 0.3) is 10.2 Å². The molecule has 0 unspecified atom stereocenters. The predicted molar refractivity (Wildman–Crippen MR) is 98.5 cm³/mol. The number of fused-ring (bicyclic) bond motifs is 1. The molecule has 2 heterocycles. The summed E-state index contributed by atoms with van der Waals surface area (Å²) in [5.41, 5.74) is 0.900. The third-order valence-electron chi connectivity index (χ3n) is 3.94. The Morgan fingerprint density at radius 3 is 2.78 bits per heavy atom. The number of carbonyl (C=O) groups is 2. The molecule has 0 radical (unpaired) electrons. The summed E-state index contributed by atoms with van der Waals surface area (Å²) in [5, 5.41) is 4.42. The van der Waals surface area contributed by atoms with Crippen LogP contribution in [-0.2, 0) is 14.3 Å². The van der Waals surface area contributed by atoms with E-state index in [9.17, 15) is 9.59 Å². The highest BCUT2D eigenvalue weighted by molar-refractivity contribution is 7.18. The fraction of sp³-hybridized carbons (Fsp3) is 0.333. The smallest absolute Gasteiger partial charge is 0.344 e. The minimum absolute atomic E-state index is 0.192. The first-order chi connectivity index (χ1) is 12.9. The molecule has 0 bridgehead atoms. The molecule has 0 spiro atoms. The minimum Gasteiger partial charge on any atom is -0.463 e. The number of rotatable bonds is 7. The molecule has 27 heavy (non-hydrogen) atoms. The summed E-state index contributed by atoms with van der Waals surface area (Å²) in [4.78, 5) is 30.1. The van der Waals surface area contributed by atoms with Crippen molar-refractivity contribution in [1.29, 1.82) is 0 Å². The van der Waals surface area contributed by atoms with Crippen LogP contribution >= 0.6 is 11.3 Å². The van der Waals surface area contributed by atoms with Gasteiger partial charge in [0.25, 0.3) is 11.8 Å². The maximum Gasteiger partial charge on any atom is 0.344 e. The summed E-state index contributed by atoms with van der Waals surface area (Å²) >= 11 is 1.53. The number of amides is 1. The molecule has 142 valence electrons. The molecule has 1 atom stereocenters. The van der Waals surface area contributed by atoms with Crippen LogP contribution in [0, 0.1) is 6.92 Å². The summed E-state index contributed by atoms with van der Waals surface area (Å²) in [7, 11) is 1.65. The molecule has 0 aliphatic rings. The molecule has 0 aliphatic heterocycles. The van der Waals surface area contributed by atoms with Crippen molar-refractivity contribution in [1.82, 2.24) is 15.0 Å². The van der Waals surface area contributed by atoms with Crippen molar-refractivity contribution >= 4 is 33.4 Å². The Morgan fingerprint density at radius 2 is 2.07 bits per heavy atom. The molecule has 0 N–H and O–H groups in total. The number of benzene rings is 1. The molecule has 0 aliphatic carbocycles. The van der Waals surface area contributed by atoms with E-state index in [0.717, 1.165) is 15.2 Å². The van der Waals surface area contributed by atoms with Crippen LogP contribution in [0.1, 0.15) is 23.7 Å². The highest BCUT2D eigenvalue weighted by Gasteiger charge is 2.22. The fourth-order valence-electron chi connectivity index (χ4n) is 2.28. The highest BCUT2D eigenvalue weighted by Crippen LogP contribution is 2.28. The van der Waals surface area contributed by atoms with Crippen molar-refractivity contribution in [3.63, 3.8) is 0 Å². The number of nitrogens with zero attached hydrogens (tertiary/aromatic N) is 3. The van der Waals surface area contributed by atoms with Crippen LogP contribution in [0.4, 0.5) is 0 Å². The van der Waals surface area contributed by atoms with Gasteiger partial charge >= 0.3 is 5.97 Å². The summed E-state index contributed by atoms with van der Waals surface area (Å²) in [6.07, 6.45) is 0. The minimum atomic E-state index is -0.662. The molecule has 1 aromatic carbocycles. The number of carbonyl (C=O) groups excluding carboxylic acids is 2. The Morgan fingerprint density at radius 1 is 1.30 bits per heavy atom. The van der Waals surface area contributed by atoms with Crippen LogP contribution in [0.3, 0.4) is 0 Å². The summed E-state index contributed by atoms with van der Waals surface area (Å²) < 4.78 is 16.0. The van der Waals surface area contributed by atoms with E-state index in [1.807, 2.05) is 31.2 Å². The average molecular weight is 389 g/mol. The zero-order valence-electron chi connectivity index (χ0n) is 15.2. The molecule has 0 saturated carbocycles. The van der Waals surface area contributed by atoms with Crippen LogP contribution in [0.5, 0.6) is 5.88 Å². The number of aromatic nitrogens is 2. The SMILES string of the molecule is Cc1cc(OCC(=O)OCC(=O)N(C)[C@H](C)c2nc3ccccc3s2)no1. The van der Waals surface area contributed by atoms with Crippen LogP contribution in [0.2, 0.25) is 0 Å². The van der Waals surface area contributed by atoms with Crippen molar-refractivity contribution < 1.29 is 23.6 Å². The summed E-state index contributed by atoms with van der Waals surface area (Å²) in [6.45, 7) is 2.87. The Balaban J connectivity index is 1.49. The molecule has 3 rings (SSSR count). The number of ether oxygens (including phenoxy) is 2. The first-order valence-corrected chi connectivity index (χ1v) is 9.08. The number of esters is 1. The van der Waals surface area contributed by atoms with Gasteiger partial charge in [0, 0.05) is 13.1 Å². The molecule has 8 nitrogen and oxygen atoms in total. The van der Waals surface area contributed by atoms with Crippen molar-refractivity contribution in [2.75, 3.05) is 20.3 Å². The van der Waals surface area contributed by atoms with E-state index in [4.69, 9.17) is 14.0 Å². The molecule has 3 aromatic rings. The van der Waals surface area contributed by atoms with Gasteiger partial charge in [-0.1, -0.05) is 12.1 Å². The van der Waals surface area contributed by atoms with Crippen LogP contribution in [-0.4, -0.2) is 47.2 Å². The largest absolute Gasteiger partial charge is 0.463 e. The van der Waals surface area contributed by atoms with E-state index in [1.165, 1.54) is 16.2 Å². The topological polar surface area (TPSA) is 94.8 Å². The lowest BCUT2D eigenvalue weighted by Crippen LogP contribution is -2.34. The summed E-state index contributed by atoms with van der Waals surface area (Å²) in [5.74, 6) is -0.228. The molecule has 2 aromatic heterocycles. The lowest BCUT2D eigenvalue weighted by molar-refractivity contribution is -0.154. The van der Waals surface area contributed by atoms with Gasteiger partial charge < -0.3 is 18.9 Å². The van der Waals surface area contributed by atoms with Crippen molar-refractivity contribution in [2.45, 2.75) is 19.9 Å². The Bertz CT molecular complexity index is 918. The second-order valence-corrected chi connectivity index (χ2v) is 6.99. The summed E-state index contributed by atoms with van der Waals surface area (Å²) in [6, 6.07) is 9.11. The number of thiazole rings is 1. The van der Waals surface area contributed by atoms with Gasteiger partial charge in [0.1, 0.15) is 10.8 Å². The van der Waals surface area contributed by atoms with Crippen molar-refractivity contribution in [3.8, 4) is 5.88 Å². The van der Waals surface area contributed by atoms with Crippen molar-refractivity contribution in [2.24, 2.45) is 0 Å². The Hall–Kier alpha value is -2.94. The monoisotopic (exact) mass is 389 g/mol. The fourth-order valence-corrected chi connectivity index (χ4v) is 3.34. The van der Waals surface area contributed by atoms with Gasteiger partial charge in [-0.25, -0.2) is 9.78 Å². The zero-order valence-corrected chi connectivity index (χ0v) is 16.0. The van der Waals surface area contributed by atoms with Crippen LogP contribution in [0.15, 0.2) is 34.9 Å². The van der Waals surface area contributed by atoms with E-state index in [2.05, 4.69) is 10.1 Å². The number of aryl methyl sites for hydroxylation is 1. The lowest BCUT2D eigenvalue weighted by atomic mass is 10.3. The molecule has 9 heteroatoms. The number of hydrogen-bond donors (Lipinski definition) is 0. The van der Waals surface area contributed by atoms with Gasteiger partial charge in [0.2, 0.25) is 0 Å².